The highest BCUT2D eigenvalue weighted by Crippen LogP contribution is 2.11. The Labute approximate surface area is 88.6 Å². The lowest BCUT2D eigenvalue weighted by Gasteiger charge is -2.12. The van der Waals surface area contributed by atoms with Crippen molar-refractivity contribution in [2.75, 3.05) is 30.5 Å². The fourth-order valence-corrected chi connectivity index (χ4v) is 0.934. The Balaban J connectivity index is 2.97. The van der Waals surface area contributed by atoms with Crippen molar-refractivity contribution in [1.29, 1.82) is 0 Å². The lowest BCUT2D eigenvalue weighted by molar-refractivity contribution is 0.312. The van der Waals surface area contributed by atoms with E-state index in [9.17, 15) is 0 Å². The molecule has 0 saturated heterocycles. The van der Waals surface area contributed by atoms with Crippen LogP contribution in [0.25, 0.3) is 0 Å². The van der Waals surface area contributed by atoms with Crippen LogP contribution in [0.3, 0.4) is 0 Å². The summed E-state index contributed by atoms with van der Waals surface area (Å²) in [5, 5.41) is 4.29. The van der Waals surface area contributed by atoms with E-state index in [0.29, 0.717) is 18.5 Å². The Morgan fingerprint density at radius 3 is 2.60 bits per heavy atom. The van der Waals surface area contributed by atoms with Gasteiger partial charge in [0.05, 0.1) is 6.61 Å². The van der Waals surface area contributed by atoms with E-state index in [4.69, 9.17) is 10.6 Å². The lowest BCUT2D eigenvalue weighted by atomic mass is 10.7. The summed E-state index contributed by atoms with van der Waals surface area (Å²) >= 11 is 0. The molecule has 0 bridgehead atoms. The van der Waals surface area contributed by atoms with Gasteiger partial charge in [-0.1, -0.05) is 0 Å². The summed E-state index contributed by atoms with van der Waals surface area (Å²) in [5.74, 6) is 6.37. The first-order chi connectivity index (χ1) is 7.17. The predicted octanol–water partition coefficient (Wildman–Crippen LogP) is 0.0120. The van der Waals surface area contributed by atoms with Gasteiger partial charge in [0.25, 0.3) is 0 Å². The van der Waals surface area contributed by atoms with Crippen LogP contribution >= 0.6 is 0 Å². The van der Waals surface area contributed by atoms with E-state index >= 15 is 0 Å². The van der Waals surface area contributed by atoms with Gasteiger partial charge < -0.3 is 10.1 Å². The maximum absolute atomic E-state index is 5.54. The fourth-order valence-electron chi connectivity index (χ4n) is 0.934. The number of ether oxygens (including phenoxy) is 1. The first-order valence-corrected chi connectivity index (χ1v) is 4.78. The summed E-state index contributed by atoms with van der Waals surface area (Å²) in [6.07, 6.45) is 0. The van der Waals surface area contributed by atoms with Crippen LogP contribution in [0.15, 0.2) is 0 Å². The maximum Gasteiger partial charge on any atom is 0.323 e. The number of nitrogens with one attached hydrogen (secondary N) is 1. The molecule has 1 heterocycles. The van der Waals surface area contributed by atoms with Crippen molar-refractivity contribution in [3.8, 4) is 6.01 Å². The van der Waals surface area contributed by atoms with Crippen LogP contribution in [0, 0.1) is 0 Å². The van der Waals surface area contributed by atoms with Gasteiger partial charge in [0.2, 0.25) is 11.9 Å². The van der Waals surface area contributed by atoms with Crippen molar-refractivity contribution in [3.05, 3.63) is 0 Å². The highest BCUT2D eigenvalue weighted by atomic mass is 16.5. The number of hydrogen-bond donors (Lipinski definition) is 2. The van der Waals surface area contributed by atoms with Crippen LogP contribution < -0.4 is 20.9 Å². The molecule has 1 aromatic heterocycles. The Kier molecular flexibility index (Phi) is 4.04. The number of nitrogens with zero attached hydrogens (tertiary/aromatic N) is 4. The average Bonchev–Trinajstić information content (AvgIpc) is 2.18. The van der Waals surface area contributed by atoms with Gasteiger partial charge in [-0.3, -0.25) is 5.01 Å². The molecule has 15 heavy (non-hydrogen) atoms. The second kappa shape index (κ2) is 5.30. The molecule has 7 nitrogen and oxygen atoms in total. The molecule has 0 amide bonds. The lowest BCUT2D eigenvalue weighted by Crippen LogP contribution is -2.28. The topological polar surface area (TPSA) is 89.2 Å². The van der Waals surface area contributed by atoms with Gasteiger partial charge in [-0.05, 0) is 13.8 Å². The van der Waals surface area contributed by atoms with Gasteiger partial charge in [-0.2, -0.15) is 15.0 Å². The molecule has 7 heteroatoms. The average molecular weight is 212 g/mol. The zero-order chi connectivity index (χ0) is 11.3. The van der Waals surface area contributed by atoms with Crippen molar-refractivity contribution in [3.63, 3.8) is 0 Å². The van der Waals surface area contributed by atoms with E-state index in [2.05, 4.69) is 20.3 Å². The molecule has 0 aliphatic carbocycles. The third-order valence-electron chi connectivity index (χ3n) is 1.53. The van der Waals surface area contributed by atoms with Crippen LogP contribution in [-0.2, 0) is 0 Å². The van der Waals surface area contributed by atoms with Gasteiger partial charge in [0.1, 0.15) is 0 Å². The SMILES string of the molecule is CCNc1nc(OCC)nc(N(C)N)n1. The zero-order valence-corrected chi connectivity index (χ0v) is 9.19. The van der Waals surface area contributed by atoms with E-state index in [-0.39, 0.29) is 6.01 Å². The first-order valence-electron chi connectivity index (χ1n) is 4.78. The third-order valence-corrected chi connectivity index (χ3v) is 1.53. The Hall–Kier alpha value is -1.63. The van der Waals surface area contributed by atoms with Crippen molar-refractivity contribution in [2.24, 2.45) is 5.84 Å². The van der Waals surface area contributed by atoms with Crippen molar-refractivity contribution in [1.82, 2.24) is 15.0 Å². The van der Waals surface area contributed by atoms with Crippen LogP contribution in [-0.4, -0.2) is 35.2 Å². The standard InChI is InChI=1S/C8H16N6O/c1-4-10-6-11-7(14(3)9)13-8(12-6)15-5-2/h4-5,9H2,1-3H3,(H,10,11,12,13). The normalized spacial score (nSPS) is 9.87. The number of hydrogen-bond acceptors (Lipinski definition) is 7. The summed E-state index contributed by atoms with van der Waals surface area (Å²) in [5.41, 5.74) is 0. The van der Waals surface area contributed by atoms with Crippen molar-refractivity contribution < 1.29 is 4.74 Å². The van der Waals surface area contributed by atoms with Crippen LogP contribution in [0.4, 0.5) is 11.9 Å². The molecular weight excluding hydrogens is 196 g/mol. The van der Waals surface area contributed by atoms with Gasteiger partial charge in [0.15, 0.2) is 0 Å². The number of anilines is 2. The van der Waals surface area contributed by atoms with Crippen LogP contribution in [0.5, 0.6) is 6.01 Å². The molecule has 1 rings (SSSR count). The largest absolute Gasteiger partial charge is 0.464 e. The minimum absolute atomic E-state index is 0.274. The predicted molar refractivity (Wildman–Crippen MR) is 57.8 cm³/mol. The molecule has 0 aromatic carbocycles. The van der Waals surface area contributed by atoms with Crippen LogP contribution in [0.2, 0.25) is 0 Å². The minimum atomic E-state index is 0.274. The summed E-state index contributed by atoms with van der Waals surface area (Å²) in [6.45, 7) is 5.05. The highest BCUT2D eigenvalue weighted by molar-refractivity contribution is 5.36. The first kappa shape index (κ1) is 11.4. The highest BCUT2D eigenvalue weighted by Gasteiger charge is 2.08. The minimum Gasteiger partial charge on any atom is -0.464 e. The summed E-state index contributed by atoms with van der Waals surface area (Å²) in [6, 6.07) is 0.274. The van der Waals surface area contributed by atoms with Gasteiger partial charge >= 0.3 is 6.01 Å². The second-order valence-electron chi connectivity index (χ2n) is 2.82. The molecule has 0 fully saturated rings. The Bertz CT molecular complexity index is 292. The molecule has 0 atom stereocenters. The molecule has 3 N–H and O–H groups in total. The van der Waals surface area contributed by atoms with Crippen molar-refractivity contribution >= 4 is 11.9 Å². The zero-order valence-electron chi connectivity index (χ0n) is 9.19. The summed E-state index contributed by atoms with van der Waals surface area (Å²) in [4.78, 5) is 12.2. The number of nitrogens with two attached hydrogens (primary N) is 1. The smallest absolute Gasteiger partial charge is 0.323 e. The van der Waals surface area contributed by atoms with Gasteiger partial charge in [-0.25, -0.2) is 5.84 Å². The van der Waals surface area contributed by atoms with E-state index in [1.165, 1.54) is 5.01 Å². The summed E-state index contributed by atoms with van der Waals surface area (Å²) < 4.78 is 5.20. The van der Waals surface area contributed by atoms with Crippen molar-refractivity contribution in [2.45, 2.75) is 13.8 Å². The third kappa shape index (κ3) is 3.21. The molecule has 0 spiro atoms. The molecule has 0 aliphatic rings. The second-order valence-corrected chi connectivity index (χ2v) is 2.82. The van der Waals surface area contributed by atoms with E-state index in [1.54, 1.807) is 7.05 Å². The monoisotopic (exact) mass is 212 g/mol. The fraction of sp³-hybridized carbons (Fsp3) is 0.625. The van der Waals surface area contributed by atoms with E-state index in [0.717, 1.165) is 6.54 Å². The Morgan fingerprint density at radius 2 is 2.07 bits per heavy atom. The van der Waals surface area contributed by atoms with E-state index in [1.807, 2.05) is 13.8 Å². The molecule has 84 valence electrons. The summed E-state index contributed by atoms with van der Waals surface area (Å²) in [7, 11) is 1.65. The van der Waals surface area contributed by atoms with Gasteiger partial charge in [-0.15, -0.1) is 0 Å². The molecule has 0 aliphatic heterocycles. The molecule has 1 aromatic rings. The quantitative estimate of drug-likeness (QED) is 0.525. The molecular formula is C8H16N6O. The van der Waals surface area contributed by atoms with E-state index < -0.39 is 0 Å². The Morgan fingerprint density at radius 1 is 1.33 bits per heavy atom. The number of aromatic nitrogens is 3. The number of hydrazine groups is 1. The maximum atomic E-state index is 5.54. The van der Waals surface area contributed by atoms with Gasteiger partial charge in [0, 0.05) is 13.6 Å². The molecule has 0 unspecified atom stereocenters. The molecule has 0 saturated carbocycles. The number of rotatable bonds is 5. The molecule has 0 radical (unpaired) electrons. The van der Waals surface area contributed by atoms with Crippen LogP contribution in [0.1, 0.15) is 13.8 Å².